The molecular weight excluding hydrogens is 652 g/mol. The number of hydrogen-bond donors (Lipinski definition) is 2. The molecule has 0 aromatic rings. The van der Waals surface area contributed by atoms with Gasteiger partial charge >= 0.3 is 11.9 Å². The van der Waals surface area contributed by atoms with E-state index in [0.29, 0.717) is 42.6 Å². The third-order valence-corrected chi connectivity index (χ3v) is 17.2. The van der Waals surface area contributed by atoms with Crippen molar-refractivity contribution in [2.75, 3.05) is 13.1 Å². The summed E-state index contributed by atoms with van der Waals surface area (Å²) in [7, 11) is 0. The van der Waals surface area contributed by atoms with Crippen LogP contribution in [-0.4, -0.2) is 59.0 Å². The number of aliphatic carboxylic acids is 1. The first-order chi connectivity index (χ1) is 24.1. The highest BCUT2D eigenvalue weighted by atomic mass is 16.5. The number of carboxylic acid groups (broad SMARTS) is 1. The van der Waals surface area contributed by atoms with Crippen LogP contribution in [-0.2, 0) is 23.9 Å². The number of nitrogens with zero attached hydrogens (tertiary/aromatic N) is 1. The molecule has 6 aliphatic rings. The van der Waals surface area contributed by atoms with Gasteiger partial charge in [-0.05, 0) is 134 Å². The van der Waals surface area contributed by atoms with Crippen molar-refractivity contribution in [2.24, 2.45) is 62.1 Å². The first-order valence-electron chi connectivity index (χ1n) is 20.7. The van der Waals surface area contributed by atoms with Gasteiger partial charge in [-0.1, -0.05) is 60.6 Å². The Kier molecular flexibility index (Phi) is 10.2. The Morgan fingerprint density at radius 1 is 0.846 bits per heavy atom. The molecule has 0 spiro atoms. The number of allylic oxidation sites excluding steroid dienone is 1. The average molecular weight is 723 g/mol. The van der Waals surface area contributed by atoms with Crippen molar-refractivity contribution >= 4 is 23.8 Å². The number of hydrogen-bond acceptors (Lipinski definition) is 5. The lowest BCUT2D eigenvalue weighted by molar-refractivity contribution is -0.250. The van der Waals surface area contributed by atoms with Gasteiger partial charge in [0.15, 0.2) is 0 Å². The van der Waals surface area contributed by atoms with Gasteiger partial charge in [0.1, 0.15) is 6.10 Å². The lowest BCUT2D eigenvalue weighted by Gasteiger charge is -2.73. The minimum absolute atomic E-state index is 0.00397. The zero-order chi connectivity index (χ0) is 38.2. The molecule has 5 saturated carbocycles. The molecule has 52 heavy (non-hydrogen) atoms. The second-order valence-corrected chi connectivity index (χ2v) is 21.0. The Morgan fingerprint density at radius 3 is 2.19 bits per heavy atom. The van der Waals surface area contributed by atoms with E-state index < -0.39 is 11.4 Å². The van der Waals surface area contributed by atoms with Gasteiger partial charge in [0.05, 0.1) is 12.8 Å². The van der Waals surface area contributed by atoms with E-state index in [-0.39, 0.29) is 69.8 Å². The smallest absolute Gasteiger partial charge is 0.306 e. The highest BCUT2D eigenvalue weighted by Gasteiger charge is 2.71. The van der Waals surface area contributed by atoms with Crippen LogP contribution in [0.1, 0.15) is 152 Å². The maximum absolute atomic E-state index is 13.9. The van der Waals surface area contributed by atoms with Crippen LogP contribution in [0.2, 0.25) is 0 Å². The van der Waals surface area contributed by atoms with Crippen LogP contribution >= 0.6 is 0 Å². The SMILES string of the molecule is C=C(C)[C@@H]1CC[C@]2(CC(=O)N[C@@H]3CCN(C(C)=O)C3)CC[C@]3(C)[C@H](CC[C@@H]4[C@@]5(C)CC[C@H](OC(=O)CC(C)(C)CC(=O)O)C(C)(C)[C@@H]5CC[C@]43C)[C@@H]12. The molecule has 2 amide bonds. The van der Waals surface area contributed by atoms with Crippen LogP contribution in [0, 0.1) is 62.1 Å². The largest absolute Gasteiger partial charge is 0.481 e. The summed E-state index contributed by atoms with van der Waals surface area (Å²) < 4.78 is 6.28. The van der Waals surface area contributed by atoms with Gasteiger partial charge in [-0.3, -0.25) is 19.2 Å². The van der Waals surface area contributed by atoms with Crippen LogP contribution in [0.4, 0.5) is 0 Å². The molecule has 292 valence electrons. The van der Waals surface area contributed by atoms with Gasteiger partial charge in [-0.2, -0.15) is 0 Å². The van der Waals surface area contributed by atoms with Crippen molar-refractivity contribution in [3.63, 3.8) is 0 Å². The molecule has 0 unspecified atom stereocenters. The molecule has 2 N–H and O–H groups in total. The summed E-state index contributed by atoms with van der Waals surface area (Å²) in [6.07, 6.45) is 12.4. The molecule has 1 saturated heterocycles. The minimum atomic E-state index is -0.889. The topological polar surface area (TPSA) is 113 Å². The number of ether oxygens (including phenoxy) is 1. The fourth-order valence-corrected chi connectivity index (χ4v) is 14.6. The molecule has 11 atom stereocenters. The number of amides is 2. The quantitative estimate of drug-likeness (QED) is 0.182. The van der Waals surface area contributed by atoms with Gasteiger partial charge in [0.2, 0.25) is 11.8 Å². The predicted molar refractivity (Wildman–Crippen MR) is 203 cm³/mol. The first-order valence-corrected chi connectivity index (χ1v) is 20.7. The highest BCUT2D eigenvalue weighted by Crippen LogP contribution is 2.78. The Balaban J connectivity index is 1.21. The van der Waals surface area contributed by atoms with E-state index in [1.165, 1.54) is 24.8 Å². The molecule has 0 aromatic carbocycles. The van der Waals surface area contributed by atoms with E-state index in [0.717, 1.165) is 57.9 Å². The van der Waals surface area contributed by atoms with Gasteiger partial charge < -0.3 is 20.1 Å². The molecule has 6 rings (SSSR count). The van der Waals surface area contributed by atoms with Crippen LogP contribution in [0.5, 0.6) is 0 Å². The van der Waals surface area contributed by atoms with E-state index >= 15 is 0 Å². The van der Waals surface area contributed by atoms with Crippen molar-refractivity contribution in [1.29, 1.82) is 0 Å². The normalized spacial score (nSPS) is 42.2. The molecule has 1 heterocycles. The molecule has 0 bridgehead atoms. The van der Waals surface area contributed by atoms with Crippen LogP contribution < -0.4 is 5.32 Å². The summed E-state index contributed by atoms with van der Waals surface area (Å²) in [5, 5.41) is 12.7. The summed E-state index contributed by atoms with van der Waals surface area (Å²) in [6, 6.07) is 0.0513. The van der Waals surface area contributed by atoms with Crippen LogP contribution in [0.25, 0.3) is 0 Å². The van der Waals surface area contributed by atoms with Crippen molar-refractivity contribution in [3.8, 4) is 0 Å². The summed E-state index contributed by atoms with van der Waals surface area (Å²) in [4.78, 5) is 52.3. The summed E-state index contributed by atoms with van der Waals surface area (Å²) in [6.45, 7) is 25.9. The van der Waals surface area contributed by atoms with E-state index in [2.05, 4.69) is 53.4 Å². The Hall–Kier alpha value is -2.38. The number of rotatable bonds is 9. The molecule has 8 heteroatoms. The number of carbonyl (C=O) groups excluding carboxylic acids is 3. The maximum atomic E-state index is 13.9. The first kappa shape index (κ1) is 39.3. The zero-order valence-corrected chi connectivity index (χ0v) is 34.0. The fourth-order valence-electron chi connectivity index (χ4n) is 14.6. The van der Waals surface area contributed by atoms with Gasteiger partial charge in [-0.25, -0.2) is 0 Å². The van der Waals surface area contributed by atoms with E-state index in [4.69, 9.17) is 4.74 Å². The average Bonchev–Trinajstić information content (AvgIpc) is 3.63. The molecule has 1 aliphatic heterocycles. The van der Waals surface area contributed by atoms with Crippen molar-refractivity contribution < 1.29 is 29.0 Å². The zero-order valence-electron chi connectivity index (χ0n) is 34.0. The van der Waals surface area contributed by atoms with Crippen LogP contribution in [0.15, 0.2) is 12.2 Å². The van der Waals surface area contributed by atoms with Crippen molar-refractivity contribution in [1.82, 2.24) is 10.2 Å². The van der Waals surface area contributed by atoms with Crippen molar-refractivity contribution in [2.45, 2.75) is 164 Å². The van der Waals surface area contributed by atoms with Crippen LogP contribution in [0.3, 0.4) is 0 Å². The molecule has 8 nitrogen and oxygen atoms in total. The third kappa shape index (κ3) is 6.46. The fraction of sp³-hybridized carbons (Fsp3) is 0.864. The van der Waals surface area contributed by atoms with Crippen molar-refractivity contribution in [3.05, 3.63) is 12.2 Å². The van der Waals surface area contributed by atoms with E-state index in [9.17, 15) is 24.3 Å². The van der Waals surface area contributed by atoms with Gasteiger partial charge in [0, 0.05) is 37.9 Å². The monoisotopic (exact) mass is 723 g/mol. The number of carboxylic acids is 1. The maximum Gasteiger partial charge on any atom is 0.306 e. The molecule has 5 aliphatic carbocycles. The number of esters is 1. The van der Waals surface area contributed by atoms with Gasteiger partial charge in [-0.15, -0.1) is 0 Å². The number of likely N-dealkylation sites (tertiary alicyclic amines) is 1. The van der Waals surface area contributed by atoms with Gasteiger partial charge in [0.25, 0.3) is 0 Å². The molecule has 0 aromatic heterocycles. The highest BCUT2D eigenvalue weighted by molar-refractivity contribution is 5.78. The van der Waals surface area contributed by atoms with E-state index in [1.807, 2.05) is 18.7 Å². The lowest BCUT2D eigenvalue weighted by atomic mass is 9.32. The number of nitrogens with one attached hydrogen (secondary N) is 1. The Bertz CT molecular complexity index is 1470. The summed E-state index contributed by atoms with van der Waals surface area (Å²) in [5.41, 5.74) is 0.960. The molecule has 0 radical (unpaired) electrons. The predicted octanol–water partition coefficient (Wildman–Crippen LogP) is 8.57. The standard InChI is InChI=1S/C44H70N2O6/c1-27(2)30-13-19-44(23-35(48)45-29-16-22-46(26-29)28(3)47)21-20-42(9)31(38(30)44)11-12-33-41(8)17-15-34(40(6,7)32(41)14-18-43(33,42)10)52-37(51)25-39(4,5)24-36(49)50/h29-34,38H,1,11-26H2,2-10H3,(H,45,48)(H,49,50)/t29-,30+,31-,32+,33-,34+,38-,41+,42-,43-,44-/m1/s1. The Morgan fingerprint density at radius 2 is 1.56 bits per heavy atom. The molecular formula is C44H70N2O6. The summed E-state index contributed by atoms with van der Waals surface area (Å²) in [5.74, 6) is 1.59. The third-order valence-electron chi connectivity index (χ3n) is 17.2. The number of fused-ring (bicyclic) bond motifs is 7. The van der Waals surface area contributed by atoms with E-state index in [1.54, 1.807) is 6.92 Å². The molecule has 6 fully saturated rings. The minimum Gasteiger partial charge on any atom is -0.481 e. The Labute approximate surface area is 314 Å². The second-order valence-electron chi connectivity index (χ2n) is 21.0. The second kappa shape index (κ2) is 13.4. The number of carbonyl (C=O) groups is 4. The lowest BCUT2D eigenvalue weighted by Crippen LogP contribution is -2.67. The summed E-state index contributed by atoms with van der Waals surface area (Å²) >= 11 is 0.